The van der Waals surface area contributed by atoms with Gasteiger partial charge in [0.2, 0.25) is 5.91 Å². The fourth-order valence-corrected chi connectivity index (χ4v) is 3.13. The van der Waals surface area contributed by atoms with E-state index in [1.165, 1.54) is 0 Å². The molecule has 0 fully saturated rings. The molecule has 26 heavy (non-hydrogen) atoms. The Balaban J connectivity index is 1.57. The Morgan fingerprint density at radius 2 is 1.81 bits per heavy atom. The van der Waals surface area contributed by atoms with Crippen molar-refractivity contribution in [2.45, 2.75) is 6.54 Å². The number of hydrogen-bond donors (Lipinski definition) is 0. The van der Waals surface area contributed by atoms with Crippen LogP contribution in [0.4, 0.5) is 11.4 Å². The lowest BCUT2D eigenvalue weighted by atomic mass is 10.2. The normalized spacial score (nSPS) is 13.0. The number of furan rings is 1. The van der Waals surface area contributed by atoms with Gasteiger partial charge in [0.15, 0.2) is 0 Å². The number of benzene rings is 2. The number of carbonyl (C=O) groups is 1. The van der Waals surface area contributed by atoms with E-state index in [9.17, 15) is 4.79 Å². The first kappa shape index (κ1) is 16.3. The van der Waals surface area contributed by atoms with Crippen molar-refractivity contribution in [3.8, 4) is 5.75 Å². The second-order valence-corrected chi connectivity index (χ2v) is 6.13. The summed E-state index contributed by atoms with van der Waals surface area (Å²) in [6.45, 7) is 1.96. The summed E-state index contributed by atoms with van der Waals surface area (Å²) in [6.07, 6.45) is 1.63. The maximum Gasteiger partial charge on any atom is 0.246 e. The van der Waals surface area contributed by atoms with Crippen LogP contribution in [0.3, 0.4) is 0 Å². The maximum absolute atomic E-state index is 13.1. The highest BCUT2D eigenvalue weighted by atomic mass is 16.5. The van der Waals surface area contributed by atoms with E-state index < -0.39 is 0 Å². The van der Waals surface area contributed by atoms with E-state index in [1.54, 1.807) is 11.2 Å². The van der Waals surface area contributed by atoms with Crippen LogP contribution in [-0.2, 0) is 11.3 Å². The van der Waals surface area contributed by atoms with Crippen molar-refractivity contribution < 1.29 is 13.9 Å². The third-order valence-corrected chi connectivity index (χ3v) is 4.41. The summed E-state index contributed by atoms with van der Waals surface area (Å²) >= 11 is 0. The van der Waals surface area contributed by atoms with Crippen LogP contribution in [0.2, 0.25) is 0 Å². The highest BCUT2D eigenvalue weighted by Gasteiger charge is 2.24. The third-order valence-electron chi connectivity index (χ3n) is 4.41. The third kappa shape index (κ3) is 3.42. The number of anilines is 2. The highest BCUT2D eigenvalue weighted by Crippen LogP contribution is 2.31. The average Bonchev–Trinajstić information content (AvgIpc) is 3.20. The van der Waals surface area contributed by atoms with Crippen LogP contribution in [0.1, 0.15) is 5.76 Å². The van der Waals surface area contributed by atoms with E-state index in [0.29, 0.717) is 19.7 Å². The molecule has 0 bridgehead atoms. The second kappa shape index (κ2) is 7.35. The van der Waals surface area contributed by atoms with Crippen LogP contribution in [0.15, 0.2) is 77.4 Å². The number of fused-ring (bicyclic) bond motifs is 1. The topological polar surface area (TPSA) is 45.9 Å². The zero-order chi connectivity index (χ0) is 17.8. The van der Waals surface area contributed by atoms with Crippen molar-refractivity contribution in [2.75, 3.05) is 29.5 Å². The average molecular weight is 348 g/mol. The van der Waals surface area contributed by atoms with Gasteiger partial charge >= 0.3 is 0 Å². The van der Waals surface area contributed by atoms with Gasteiger partial charge in [-0.3, -0.25) is 4.79 Å². The summed E-state index contributed by atoms with van der Waals surface area (Å²) < 4.78 is 11.1. The van der Waals surface area contributed by atoms with Gasteiger partial charge in [-0.2, -0.15) is 0 Å². The lowest BCUT2D eigenvalue weighted by molar-refractivity contribution is -0.117. The number of nitrogens with zero attached hydrogens (tertiary/aromatic N) is 2. The largest absolute Gasteiger partial charge is 0.490 e. The van der Waals surface area contributed by atoms with E-state index in [0.717, 1.165) is 22.9 Å². The molecule has 0 saturated carbocycles. The van der Waals surface area contributed by atoms with Crippen molar-refractivity contribution in [2.24, 2.45) is 0 Å². The Morgan fingerprint density at radius 3 is 2.62 bits per heavy atom. The monoisotopic (exact) mass is 348 g/mol. The molecule has 0 spiro atoms. The van der Waals surface area contributed by atoms with Crippen molar-refractivity contribution in [3.63, 3.8) is 0 Å². The summed E-state index contributed by atoms with van der Waals surface area (Å²) in [5.74, 6) is 1.60. The van der Waals surface area contributed by atoms with Crippen molar-refractivity contribution in [3.05, 3.63) is 78.8 Å². The summed E-state index contributed by atoms with van der Waals surface area (Å²) in [4.78, 5) is 17.0. The van der Waals surface area contributed by atoms with E-state index in [2.05, 4.69) is 4.90 Å². The lowest BCUT2D eigenvalue weighted by Crippen LogP contribution is -2.43. The first-order chi connectivity index (χ1) is 12.8. The molecule has 0 saturated heterocycles. The van der Waals surface area contributed by atoms with Crippen LogP contribution in [0.25, 0.3) is 0 Å². The molecular weight excluding hydrogens is 328 g/mol. The van der Waals surface area contributed by atoms with Gasteiger partial charge in [0.05, 0.1) is 31.6 Å². The first-order valence-corrected chi connectivity index (χ1v) is 8.66. The standard InChI is InChI=1S/C21H20N2O3/c24-21(16-22-12-14-26-20-11-5-4-10-19(20)22)23(15-18-9-6-13-25-18)17-7-2-1-3-8-17/h1-11,13H,12,14-16H2. The molecule has 1 aliphatic rings. The van der Waals surface area contributed by atoms with E-state index in [1.807, 2.05) is 66.7 Å². The molecule has 0 N–H and O–H groups in total. The minimum atomic E-state index is 0.0179. The van der Waals surface area contributed by atoms with Crippen LogP contribution < -0.4 is 14.5 Å². The van der Waals surface area contributed by atoms with Crippen LogP contribution in [0, 0.1) is 0 Å². The molecule has 2 aromatic carbocycles. The van der Waals surface area contributed by atoms with Crippen molar-refractivity contribution >= 4 is 17.3 Å². The Hall–Kier alpha value is -3.21. The smallest absolute Gasteiger partial charge is 0.246 e. The number of rotatable bonds is 5. The van der Waals surface area contributed by atoms with Gasteiger partial charge in [-0.25, -0.2) is 0 Å². The van der Waals surface area contributed by atoms with Gasteiger partial charge in [-0.1, -0.05) is 30.3 Å². The Kier molecular flexibility index (Phi) is 4.60. The molecule has 1 aromatic heterocycles. The predicted molar refractivity (Wildman–Crippen MR) is 100 cm³/mol. The second-order valence-electron chi connectivity index (χ2n) is 6.13. The molecule has 4 rings (SSSR count). The van der Waals surface area contributed by atoms with Gasteiger partial charge in [0, 0.05) is 5.69 Å². The lowest BCUT2D eigenvalue weighted by Gasteiger charge is -2.32. The number of hydrogen-bond acceptors (Lipinski definition) is 4. The summed E-state index contributed by atoms with van der Waals surface area (Å²) in [5.41, 5.74) is 1.81. The summed E-state index contributed by atoms with van der Waals surface area (Å²) in [5, 5.41) is 0. The molecule has 1 aliphatic heterocycles. The molecule has 0 atom stereocenters. The molecule has 0 radical (unpaired) electrons. The molecule has 0 aliphatic carbocycles. The molecule has 1 amide bonds. The highest BCUT2D eigenvalue weighted by molar-refractivity contribution is 5.96. The summed E-state index contributed by atoms with van der Waals surface area (Å²) in [6, 6.07) is 21.2. The van der Waals surface area contributed by atoms with Gasteiger partial charge in [0.1, 0.15) is 18.1 Å². The quantitative estimate of drug-likeness (QED) is 0.705. The number of amides is 1. The van der Waals surface area contributed by atoms with E-state index >= 15 is 0 Å². The Morgan fingerprint density at radius 1 is 1.00 bits per heavy atom. The fraction of sp³-hybridized carbons (Fsp3) is 0.190. The minimum Gasteiger partial charge on any atom is -0.490 e. The van der Waals surface area contributed by atoms with Crippen LogP contribution in [-0.4, -0.2) is 25.6 Å². The number of ether oxygens (including phenoxy) is 1. The molecular formula is C21H20N2O3. The van der Waals surface area contributed by atoms with E-state index in [4.69, 9.17) is 9.15 Å². The molecule has 132 valence electrons. The number of carbonyl (C=O) groups excluding carboxylic acids is 1. The summed E-state index contributed by atoms with van der Waals surface area (Å²) in [7, 11) is 0. The fourth-order valence-electron chi connectivity index (χ4n) is 3.13. The maximum atomic E-state index is 13.1. The predicted octanol–water partition coefficient (Wildman–Crippen LogP) is 3.71. The van der Waals surface area contributed by atoms with Crippen molar-refractivity contribution in [1.82, 2.24) is 0 Å². The van der Waals surface area contributed by atoms with Crippen molar-refractivity contribution in [1.29, 1.82) is 0 Å². The van der Waals surface area contributed by atoms with Gasteiger partial charge in [-0.15, -0.1) is 0 Å². The van der Waals surface area contributed by atoms with Crippen LogP contribution in [0.5, 0.6) is 5.75 Å². The molecule has 3 aromatic rings. The first-order valence-electron chi connectivity index (χ1n) is 8.66. The Labute approximate surface area is 152 Å². The molecule has 5 heteroatoms. The van der Waals surface area contributed by atoms with Gasteiger partial charge in [0.25, 0.3) is 0 Å². The Bertz CT molecular complexity index is 862. The minimum absolute atomic E-state index is 0.0179. The zero-order valence-electron chi connectivity index (χ0n) is 14.4. The van der Waals surface area contributed by atoms with Gasteiger partial charge in [-0.05, 0) is 36.4 Å². The van der Waals surface area contributed by atoms with Gasteiger partial charge < -0.3 is 19.0 Å². The van der Waals surface area contributed by atoms with E-state index in [-0.39, 0.29) is 12.5 Å². The zero-order valence-corrected chi connectivity index (χ0v) is 14.4. The van der Waals surface area contributed by atoms with Crippen LogP contribution >= 0.6 is 0 Å². The SMILES string of the molecule is O=C(CN1CCOc2ccccc21)N(Cc1ccco1)c1ccccc1. The molecule has 5 nitrogen and oxygen atoms in total. The molecule has 0 unspecified atom stereocenters. The molecule has 2 heterocycles. The number of para-hydroxylation sites is 3.